The minimum atomic E-state index is -2.49. The Hall–Kier alpha value is -0.163. The predicted molar refractivity (Wildman–Crippen MR) is 64.8 cm³/mol. The van der Waals surface area contributed by atoms with Crippen molar-refractivity contribution < 1.29 is 13.3 Å². The van der Waals surface area contributed by atoms with Gasteiger partial charge in [0.1, 0.15) is 0 Å². The van der Waals surface area contributed by atoms with E-state index in [1.165, 1.54) is 0 Å². The van der Waals surface area contributed by atoms with Crippen LogP contribution in [0.25, 0.3) is 0 Å². The lowest BCUT2D eigenvalue weighted by Crippen LogP contribution is -2.50. The van der Waals surface area contributed by atoms with Crippen LogP contribution in [0.5, 0.6) is 0 Å². The summed E-state index contributed by atoms with van der Waals surface area (Å²) in [4.78, 5) is 0. The third-order valence-electron chi connectivity index (χ3n) is 2.98. The van der Waals surface area contributed by atoms with Crippen LogP contribution in [-0.2, 0) is 13.3 Å². The highest BCUT2D eigenvalue weighted by molar-refractivity contribution is 6.60. The number of hydrogen-bond acceptors (Lipinski definition) is 3. The summed E-state index contributed by atoms with van der Waals surface area (Å²) in [5.74, 6) is 0. The van der Waals surface area contributed by atoms with Gasteiger partial charge in [0, 0.05) is 20.3 Å². The molecular formula is C11H24O3Si. The lowest BCUT2D eigenvalue weighted by atomic mass is 9.98. The summed E-state index contributed by atoms with van der Waals surface area (Å²) in [6.45, 7) is 10.1. The fraction of sp³-hybridized carbons (Fsp3) is 0.818. The molecule has 0 spiro atoms. The molecule has 0 atom stereocenters. The molecular weight excluding hydrogens is 208 g/mol. The summed E-state index contributed by atoms with van der Waals surface area (Å²) < 4.78 is 17.0. The van der Waals surface area contributed by atoms with Gasteiger partial charge >= 0.3 is 8.80 Å². The van der Waals surface area contributed by atoms with E-state index >= 15 is 0 Å². The van der Waals surface area contributed by atoms with Gasteiger partial charge in [0.05, 0.1) is 5.60 Å². The van der Waals surface area contributed by atoms with E-state index in [2.05, 4.69) is 20.4 Å². The van der Waals surface area contributed by atoms with Gasteiger partial charge in [-0.05, 0) is 12.8 Å². The second kappa shape index (κ2) is 6.43. The SMILES string of the molecule is C=CC(CC)(CC)O[Si](CC)(OC)OC. The van der Waals surface area contributed by atoms with Gasteiger partial charge in [-0.1, -0.05) is 26.8 Å². The Kier molecular flexibility index (Phi) is 6.36. The average Bonchev–Trinajstić information content (AvgIpc) is 2.33. The summed E-state index contributed by atoms with van der Waals surface area (Å²) in [7, 11) is 0.815. The minimum absolute atomic E-state index is 0.311. The van der Waals surface area contributed by atoms with Crippen LogP contribution in [0, 0.1) is 0 Å². The first kappa shape index (κ1) is 14.8. The molecule has 3 nitrogen and oxygen atoms in total. The van der Waals surface area contributed by atoms with E-state index in [0.29, 0.717) is 0 Å². The van der Waals surface area contributed by atoms with Gasteiger partial charge in [0.25, 0.3) is 0 Å². The van der Waals surface area contributed by atoms with Crippen LogP contribution in [-0.4, -0.2) is 28.6 Å². The number of hydrogen-bond donors (Lipinski definition) is 0. The molecule has 0 unspecified atom stereocenters. The van der Waals surface area contributed by atoms with E-state index in [1.54, 1.807) is 14.2 Å². The molecule has 0 bridgehead atoms. The molecule has 0 aliphatic heterocycles. The van der Waals surface area contributed by atoms with Crippen LogP contribution < -0.4 is 0 Å². The van der Waals surface area contributed by atoms with E-state index in [4.69, 9.17) is 13.3 Å². The number of rotatable bonds is 8. The Bertz CT molecular complexity index is 178. The first-order chi connectivity index (χ1) is 7.07. The standard InChI is InChI=1S/C11H24O3Si/c1-7-11(8-2,9-3)14-15(10-4,12-5)13-6/h7H,1,8-10H2,2-6H3. The van der Waals surface area contributed by atoms with Crippen molar-refractivity contribution in [2.24, 2.45) is 0 Å². The van der Waals surface area contributed by atoms with Gasteiger partial charge in [0.15, 0.2) is 0 Å². The summed E-state index contributed by atoms with van der Waals surface area (Å²) in [5, 5.41) is 0. The molecule has 0 aromatic heterocycles. The first-order valence-corrected chi connectivity index (χ1v) is 7.44. The van der Waals surface area contributed by atoms with Crippen molar-refractivity contribution in [3.63, 3.8) is 0 Å². The maximum absolute atomic E-state index is 6.10. The van der Waals surface area contributed by atoms with Crippen molar-refractivity contribution in [2.75, 3.05) is 14.2 Å². The Labute approximate surface area is 94.8 Å². The van der Waals surface area contributed by atoms with Crippen molar-refractivity contribution in [3.8, 4) is 0 Å². The third kappa shape index (κ3) is 3.41. The van der Waals surface area contributed by atoms with E-state index in [-0.39, 0.29) is 5.60 Å². The summed E-state index contributed by atoms with van der Waals surface area (Å²) in [6.07, 6.45) is 3.63. The van der Waals surface area contributed by atoms with E-state index in [1.807, 2.05) is 13.0 Å². The predicted octanol–water partition coefficient (Wildman–Crippen LogP) is 3.00. The molecule has 0 rings (SSSR count). The minimum Gasteiger partial charge on any atom is -0.377 e. The normalized spacial score (nSPS) is 12.9. The highest BCUT2D eigenvalue weighted by Crippen LogP contribution is 2.28. The van der Waals surface area contributed by atoms with Crippen LogP contribution >= 0.6 is 0 Å². The largest absolute Gasteiger partial charge is 0.500 e. The molecule has 0 heterocycles. The van der Waals surface area contributed by atoms with Crippen molar-refractivity contribution in [2.45, 2.75) is 45.3 Å². The maximum Gasteiger partial charge on any atom is 0.500 e. The Morgan fingerprint density at radius 3 is 1.80 bits per heavy atom. The summed E-state index contributed by atoms with van der Waals surface area (Å²) in [5.41, 5.74) is -0.311. The molecule has 0 radical (unpaired) electrons. The second-order valence-electron chi connectivity index (χ2n) is 3.52. The van der Waals surface area contributed by atoms with Gasteiger partial charge in [0.2, 0.25) is 0 Å². The fourth-order valence-electron chi connectivity index (χ4n) is 1.56. The lowest BCUT2D eigenvalue weighted by molar-refractivity contribution is 0.00850. The zero-order valence-corrected chi connectivity index (χ0v) is 11.6. The van der Waals surface area contributed by atoms with Gasteiger partial charge < -0.3 is 13.3 Å². The molecule has 15 heavy (non-hydrogen) atoms. The molecule has 0 aromatic rings. The Morgan fingerprint density at radius 2 is 1.60 bits per heavy atom. The van der Waals surface area contributed by atoms with Gasteiger partial charge in [-0.15, -0.1) is 6.58 Å². The van der Waals surface area contributed by atoms with Gasteiger partial charge in [-0.25, -0.2) is 0 Å². The average molecular weight is 232 g/mol. The second-order valence-corrected chi connectivity index (χ2v) is 6.62. The zero-order chi connectivity index (χ0) is 11.9. The van der Waals surface area contributed by atoms with Crippen LogP contribution in [0.3, 0.4) is 0 Å². The molecule has 0 saturated carbocycles. The Morgan fingerprint density at radius 1 is 1.13 bits per heavy atom. The fourth-order valence-corrected chi connectivity index (χ4v) is 3.61. The molecule has 0 saturated heterocycles. The quantitative estimate of drug-likeness (QED) is 0.475. The summed E-state index contributed by atoms with van der Waals surface area (Å²) in [6, 6.07) is 0.773. The molecule has 0 aliphatic carbocycles. The highest BCUT2D eigenvalue weighted by atomic mass is 28.4. The highest BCUT2D eigenvalue weighted by Gasteiger charge is 2.43. The molecule has 0 aromatic carbocycles. The molecule has 0 aliphatic rings. The zero-order valence-electron chi connectivity index (χ0n) is 10.6. The molecule has 90 valence electrons. The molecule has 0 N–H and O–H groups in total. The van der Waals surface area contributed by atoms with Crippen molar-refractivity contribution in [3.05, 3.63) is 12.7 Å². The van der Waals surface area contributed by atoms with Gasteiger partial charge in [-0.2, -0.15) is 0 Å². The van der Waals surface area contributed by atoms with Crippen molar-refractivity contribution >= 4 is 8.80 Å². The molecule has 0 amide bonds. The molecule has 0 fully saturated rings. The first-order valence-electron chi connectivity index (χ1n) is 5.51. The van der Waals surface area contributed by atoms with Gasteiger partial charge in [-0.3, -0.25) is 0 Å². The van der Waals surface area contributed by atoms with Crippen LogP contribution in [0.4, 0.5) is 0 Å². The third-order valence-corrected chi connectivity index (χ3v) is 5.81. The molecule has 4 heteroatoms. The smallest absolute Gasteiger partial charge is 0.377 e. The monoisotopic (exact) mass is 232 g/mol. The van der Waals surface area contributed by atoms with Crippen LogP contribution in [0.2, 0.25) is 6.04 Å². The van der Waals surface area contributed by atoms with E-state index in [0.717, 1.165) is 18.9 Å². The topological polar surface area (TPSA) is 27.7 Å². The van der Waals surface area contributed by atoms with Crippen molar-refractivity contribution in [1.29, 1.82) is 0 Å². The summed E-state index contributed by atoms with van der Waals surface area (Å²) >= 11 is 0. The van der Waals surface area contributed by atoms with Crippen molar-refractivity contribution in [1.82, 2.24) is 0 Å². The Balaban J connectivity index is 4.82. The van der Waals surface area contributed by atoms with E-state index in [9.17, 15) is 0 Å². The lowest BCUT2D eigenvalue weighted by Gasteiger charge is -2.37. The van der Waals surface area contributed by atoms with Crippen LogP contribution in [0.1, 0.15) is 33.6 Å². The maximum atomic E-state index is 6.10. The van der Waals surface area contributed by atoms with Crippen LogP contribution in [0.15, 0.2) is 12.7 Å². The van der Waals surface area contributed by atoms with E-state index < -0.39 is 8.80 Å².